The molecule has 0 saturated heterocycles. The van der Waals surface area contributed by atoms with Crippen LogP contribution in [0.25, 0.3) is 0 Å². The highest BCUT2D eigenvalue weighted by Crippen LogP contribution is 2.09. The van der Waals surface area contributed by atoms with Gasteiger partial charge in [-0.05, 0) is 121 Å². The number of pyridine rings is 1. The van der Waals surface area contributed by atoms with Crippen LogP contribution in [0.3, 0.4) is 0 Å². The zero-order valence-electron chi connectivity index (χ0n) is 38.1. The molecule has 0 aliphatic carbocycles. The lowest BCUT2D eigenvalue weighted by Crippen LogP contribution is -2.43. The van der Waals surface area contributed by atoms with Gasteiger partial charge in [0.1, 0.15) is 6.04 Å². The lowest BCUT2D eigenvalue weighted by atomic mass is 10.1. The molecule has 0 spiro atoms. The molecular formula is C55H78N4O3. The predicted molar refractivity (Wildman–Crippen MR) is 267 cm³/mol. The minimum absolute atomic E-state index is 0.0132. The van der Waals surface area contributed by atoms with E-state index in [9.17, 15) is 14.4 Å². The molecule has 7 heteroatoms. The second-order valence-electron chi connectivity index (χ2n) is 14.6. The fourth-order valence-electron chi connectivity index (χ4n) is 5.70. The van der Waals surface area contributed by atoms with Crippen LogP contribution in [-0.4, -0.2) is 35.3 Å². The van der Waals surface area contributed by atoms with E-state index >= 15 is 0 Å². The standard InChI is InChI=1S/C55H78N4O3/c1-3-5-7-9-11-13-15-17-19-21-23-25-27-29-31-33-35-37-39-44-53(60)57-48-42-41-43-52(55(62)58-51-46-49-56-50-47-51)59-54(61)45-40-38-36-34-32-30-28-26-24-22-20-18-16-14-12-10-8-6-4-2/h5-8,11-14,17-20,23-26,29-32,35-38,46-47,49-50,52H,3-4,9-10,15-16,21-22,27-28,33-34,39-45,48H2,1-2H3,(H,57,60)(H,59,61)(H,56,58,62). The van der Waals surface area contributed by atoms with Crippen molar-refractivity contribution in [3.05, 3.63) is 170 Å². The fraction of sp³-hybridized carbons (Fsp3) is 0.418. The van der Waals surface area contributed by atoms with Crippen LogP contribution >= 0.6 is 0 Å². The van der Waals surface area contributed by atoms with Gasteiger partial charge in [-0.3, -0.25) is 19.4 Å². The third kappa shape index (κ3) is 37.4. The van der Waals surface area contributed by atoms with Gasteiger partial charge < -0.3 is 16.0 Å². The van der Waals surface area contributed by atoms with Crippen molar-refractivity contribution in [3.8, 4) is 0 Å². The van der Waals surface area contributed by atoms with E-state index in [2.05, 4.69) is 175 Å². The average molecular weight is 843 g/mol. The maximum atomic E-state index is 13.1. The molecule has 3 N–H and O–H groups in total. The van der Waals surface area contributed by atoms with Crippen molar-refractivity contribution < 1.29 is 14.4 Å². The summed E-state index contributed by atoms with van der Waals surface area (Å²) in [5, 5.41) is 8.80. The summed E-state index contributed by atoms with van der Waals surface area (Å²) in [7, 11) is 0. The second-order valence-corrected chi connectivity index (χ2v) is 14.6. The Morgan fingerprint density at radius 3 is 1.23 bits per heavy atom. The minimum atomic E-state index is -0.676. The topological polar surface area (TPSA) is 100 Å². The Bertz CT molecular complexity index is 1650. The summed E-state index contributed by atoms with van der Waals surface area (Å²) in [6, 6.07) is 2.76. The van der Waals surface area contributed by atoms with Gasteiger partial charge in [0.05, 0.1) is 0 Å². The molecule has 1 atom stereocenters. The number of hydrogen-bond acceptors (Lipinski definition) is 4. The van der Waals surface area contributed by atoms with E-state index in [0.29, 0.717) is 57.2 Å². The number of nitrogens with zero attached hydrogens (tertiary/aromatic N) is 1. The fourth-order valence-corrected chi connectivity index (χ4v) is 5.70. The Hall–Kier alpha value is -5.56. The van der Waals surface area contributed by atoms with Crippen molar-refractivity contribution in [2.75, 3.05) is 11.9 Å². The van der Waals surface area contributed by atoms with Crippen molar-refractivity contribution in [3.63, 3.8) is 0 Å². The van der Waals surface area contributed by atoms with Gasteiger partial charge in [0.2, 0.25) is 17.7 Å². The van der Waals surface area contributed by atoms with Crippen molar-refractivity contribution >= 4 is 23.4 Å². The number of unbranched alkanes of at least 4 members (excludes halogenated alkanes) is 1. The Balaban J connectivity index is 2.27. The number of hydrogen-bond donors (Lipinski definition) is 3. The average Bonchev–Trinajstić information content (AvgIpc) is 3.27. The van der Waals surface area contributed by atoms with E-state index in [4.69, 9.17) is 0 Å². The van der Waals surface area contributed by atoms with Gasteiger partial charge in [0, 0.05) is 37.5 Å². The summed E-state index contributed by atoms with van der Waals surface area (Å²) in [5.74, 6) is -0.416. The normalized spacial score (nSPS) is 13.3. The Kier molecular flexibility index (Phi) is 38.2. The van der Waals surface area contributed by atoms with E-state index in [1.54, 1.807) is 24.5 Å². The number of nitrogens with one attached hydrogen (secondary N) is 3. The number of allylic oxidation sites excluding steroid dienone is 24. The van der Waals surface area contributed by atoms with E-state index in [0.717, 1.165) is 77.0 Å². The van der Waals surface area contributed by atoms with Crippen LogP contribution in [0.15, 0.2) is 170 Å². The Morgan fingerprint density at radius 2 is 0.839 bits per heavy atom. The highest BCUT2D eigenvalue weighted by molar-refractivity contribution is 5.97. The van der Waals surface area contributed by atoms with Crippen molar-refractivity contribution in [1.29, 1.82) is 0 Å². The smallest absolute Gasteiger partial charge is 0.246 e. The van der Waals surface area contributed by atoms with Crippen molar-refractivity contribution in [1.82, 2.24) is 15.6 Å². The molecule has 0 saturated carbocycles. The summed E-state index contributed by atoms with van der Waals surface area (Å²) in [6.45, 7) is 4.82. The summed E-state index contributed by atoms with van der Waals surface area (Å²) in [6.07, 6.45) is 70.6. The second kappa shape index (κ2) is 43.5. The molecule has 336 valence electrons. The van der Waals surface area contributed by atoms with E-state index in [1.165, 1.54) is 0 Å². The van der Waals surface area contributed by atoms with Gasteiger partial charge in [0.25, 0.3) is 0 Å². The van der Waals surface area contributed by atoms with Gasteiger partial charge in [0.15, 0.2) is 0 Å². The third-order valence-corrected chi connectivity index (χ3v) is 9.11. The Labute approximate surface area is 376 Å². The SMILES string of the molecule is CCC=CCC=CCC=CCC=CCC=CCC=CCCC(=O)NCCCCC(NC(=O)CCC=CCC=CCC=CCC=CCC=CCC=CCC)C(=O)Nc1ccncc1. The Morgan fingerprint density at radius 1 is 0.484 bits per heavy atom. The molecule has 1 aromatic rings. The molecule has 1 unspecified atom stereocenters. The van der Waals surface area contributed by atoms with Crippen molar-refractivity contribution in [2.24, 2.45) is 0 Å². The summed E-state index contributed by atoms with van der Waals surface area (Å²) < 4.78 is 0. The summed E-state index contributed by atoms with van der Waals surface area (Å²) in [5.41, 5.74) is 0.626. The van der Waals surface area contributed by atoms with Gasteiger partial charge >= 0.3 is 0 Å². The van der Waals surface area contributed by atoms with Crippen LogP contribution in [0.4, 0.5) is 5.69 Å². The van der Waals surface area contributed by atoms with E-state index in [-0.39, 0.29) is 17.7 Å². The number of carbonyl (C=O) groups is 3. The van der Waals surface area contributed by atoms with Crippen LogP contribution in [0.2, 0.25) is 0 Å². The zero-order chi connectivity index (χ0) is 44.7. The highest BCUT2D eigenvalue weighted by atomic mass is 16.2. The van der Waals surface area contributed by atoms with Crippen LogP contribution in [0, 0.1) is 0 Å². The van der Waals surface area contributed by atoms with E-state index in [1.807, 2.05) is 6.08 Å². The molecule has 0 radical (unpaired) electrons. The molecule has 1 heterocycles. The first kappa shape index (κ1) is 54.5. The third-order valence-electron chi connectivity index (χ3n) is 9.11. The van der Waals surface area contributed by atoms with E-state index < -0.39 is 6.04 Å². The number of amides is 3. The molecule has 1 rings (SSSR count). The van der Waals surface area contributed by atoms with Gasteiger partial charge in [-0.2, -0.15) is 0 Å². The number of carbonyl (C=O) groups excluding carboxylic acids is 3. The van der Waals surface area contributed by atoms with Crippen LogP contribution in [-0.2, 0) is 14.4 Å². The molecule has 1 aromatic heterocycles. The first-order valence-corrected chi connectivity index (χ1v) is 23.1. The monoisotopic (exact) mass is 843 g/mol. The van der Waals surface area contributed by atoms with Gasteiger partial charge in [-0.25, -0.2) is 0 Å². The summed E-state index contributed by atoms with van der Waals surface area (Å²) in [4.78, 5) is 42.4. The minimum Gasteiger partial charge on any atom is -0.356 e. The molecule has 0 bridgehead atoms. The zero-order valence-corrected chi connectivity index (χ0v) is 38.1. The first-order chi connectivity index (χ1) is 30.6. The van der Waals surface area contributed by atoms with Crippen molar-refractivity contribution in [2.45, 2.75) is 142 Å². The molecule has 3 amide bonds. The lowest BCUT2D eigenvalue weighted by molar-refractivity contribution is -0.126. The number of rotatable bonds is 36. The predicted octanol–water partition coefficient (Wildman–Crippen LogP) is 13.7. The van der Waals surface area contributed by atoms with Crippen LogP contribution < -0.4 is 16.0 Å². The molecule has 0 aromatic carbocycles. The van der Waals surface area contributed by atoms with Gasteiger partial charge in [-0.1, -0.05) is 160 Å². The number of aromatic nitrogens is 1. The quantitative estimate of drug-likeness (QED) is 0.0463. The van der Waals surface area contributed by atoms with Crippen LogP contribution in [0.5, 0.6) is 0 Å². The molecule has 0 aliphatic rings. The van der Waals surface area contributed by atoms with Crippen LogP contribution in [0.1, 0.15) is 136 Å². The molecular weight excluding hydrogens is 765 g/mol. The largest absolute Gasteiger partial charge is 0.356 e. The lowest BCUT2D eigenvalue weighted by Gasteiger charge is -2.18. The highest BCUT2D eigenvalue weighted by Gasteiger charge is 2.20. The molecule has 0 fully saturated rings. The maximum absolute atomic E-state index is 13.1. The molecule has 62 heavy (non-hydrogen) atoms. The van der Waals surface area contributed by atoms with Gasteiger partial charge in [-0.15, -0.1) is 0 Å². The molecule has 7 nitrogen and oxygen atoms in total. The summed E-state index contributed by atoms with van der Waals surface area (Å²) >= 11 is 0. The first-order valence-electron chi connectivity index (χ1n) is 23.1. The number of anilines is 1. The maximum Gasteiger partial charge on any atom is 0.246 e. The molecule has 0 aliphatic heterocycles.